The van der Waals surface area contributed by atoms with Crippen LogP contribution in [-0.4, -0.2) is 18.6 Å². The van der Waals surface area contributed by atoms with Gasteiger partial charge in [-0.1, -0.05) is 6.92 Å². The largest absolute Gasteiger partial charge is 0.370 e. The van der Waals surface area contributed by atoms with Crippen molar-refractivity contribution in [2.24, 2.45) is 0 Å². The Kier molecular flexibility index (Phi) is 5.28. The van der Waals surface area contributed by atoms with Crippen LogP contribution < -0.4 is 10.2 Å². The topological polar surface area (TPSA) is 28.2 Å². The molecule has 0 saturated carbocycles. The molecule has 0 aliphatic heterocycles. The van der Waals surface area contributed by atoms with Crippen LogP contribution in [-0.2, 0) is 6.54 Å². The molecule has 0 aliphatic carbocycles. The molecule has 1 atom stereocenters. The molecular formula is C17H22FN3. The molecule has 2 aromatic rings. The number of nitrogens with one attached hydrogen (secondary N) is 1. The van der Waals surface area contributed by atoms with Crippen LogP contribution in [0.5, 0.6) is 0 Å². The quantitative estimate of drug-likeness (QED) is 0.881. The molecular weight excluding hydrogens is 265 g/mol. The van der Waals surface area contributed by atoms with Crippen LogP contribution in [0.15, 0.2) is 42.7 Å². The highest BCUT2D eigenvalue weighted by Crippen LogP contribution is 2.27. The summed E-state index contributed by atoms with van der Waals surface area (Å²) in [7, 11) is 2.02. The highest BCUT2D eigenvalue weighted by molar-refractivity contribution is 5.55. The van der Waals surface area contributed by atoms with Gasteiger partial charge in [-0.25, -0.2) is 4.39 Å². The third-order valence-electron chi connectivity index (χ3n) is 3.55. The fourth-order valence-electron chi connectivity index (χ4n) is 2.48. The Morgan fingerprint density at radius 2 is 1.95 bits per heavy atom. The SMILES string of the molecule is CCNC(C)c1cc(F)ccc1N(C)Cc1ccncc1. The van der Waals surface area contributed by atoms with Gasteiger partial charge in [0, 0.05) is 37.7 Å². The lowest BCUT2D eigenvalue weighted by Crippen LogP contribution is -2.23. The molecule has 0 amide bonds. The van der Waals surface area contributed by atoms with Gasteiger partial charge < -0.3 is 10.2 Å². The second-order valence-electron chi connectivity index (χ2n) is 5.19. The van der Waals surface area contributed by atoms with Crippen molar-refractivity contribution in [2.45, 2.75) is 26.4 Å². The summed E-state index contributed by atoms with van der Waals surface area (Å²) < 4.78 is 13.6. The minimum Gasteiger partial charge on any atom is -0.370 e. The number of aromatic nitrogens is 1. The summed E-state index contributed by atoms with van der Waals surface area (Å²) in [5.74, 6) is -0.198. The van der Waals surface area contributed by atoms with E-state index >= 15 is 0 Å². The van der Waals surface area contributed by atoms with E-state index in [1.807, 2.05) is 25.2 Å². The van der Waals surface area contributed by atoms with Crippen molar-refractivity contribution < 1.29 is 4.39 Å². The van der Waals surface area contributed by atoms with Gasteiger partial charge in [-0.15, -0.1) is 0 Å². The zero-order valence-electron chi connectivity index (χ0n) is 12.8. The van der Waals surface area contributed by atoms with Crippen LogP contribution in [0.25, 0.3) is 0 Å². The number of halogens is 1. The third-order valence-corrected chi connectivity index (χ3v) is 3.55. The number of rotatable bonds is 6. The zero-order chi connectivity index (χ0) is 15.2. The summed E-state index contributed by atoms with van der Waals surface area (Å²) >= 11 is 0. The smallest absolute Gasteiger partial charge is 0.123 e. The summed E-state index contributed by atoms with van der Waals surface area (Å²) in [6, 6.07) is 9.08. The molecule has 0 radical (unpaired) electrons. The van der Waals surface area contributed by atoms with E-state index < -0.39 is 0 Å². The second kappa shape index (κ2) is 7.18. The van der Waals surface area contributed by atoms with Crippen molar-refractivity contribution in [1.29, 1.82) is 0 Å². The van der Waals surface area contributed by atoms with Crippen molar-refractivity contribution in [1.82, 2.24) is 10.3 Å². The monoisotopic (exact) mass is 287 g/mol. The van der Waals surface area contributed by atoms with Crippen molar-refractivity contribution in [2.75, 3.05) is 18.5 Å². The summed E-state index contributed by atoms with van der Waals surface area (Å²) in [6.07, 6.45) is 3.58. The summed E-state index contributed by atoms with van der Waals surface area (Å²) in [5, 5.41) is 3.34. The van der Waals surface area contributed by atoms with E-state index in [2.05, 4.69) is 29.0 Å². The molecule has 0 bridgehead atoms. The van der Waals surface area contributed by atoms with E-state index in [9.17, 15) is 4.39 Å². The Balaban J connectivity index is 2.25. The molecule has 112 valence electrons. The molecule has 1 unspecified atom stereocenters. The van der Waals surface area contributed by atoms with Gasteiger partial charge in [0.1, 0.15) is 5.82 Å². The molecule has 1 aromatic heterocycles. The van der Waals surface area contributed by atoms with E-state index in [4.69, 9.17) is 0 Å². The fraction of sp³-hybridized carbons (Fsp3) is 0.353. The molecule has 1 heterocycles. The zero-order valence-corrected chi connectivity index (χ0v) is 12.8. The first kappa shape index (κ1) is 15.4. The molecule has 4 heteroatoms. The predicted molar refractivity (Wildman–Crippen MR) is 84.8 cm³/mol. The molecule has 2 rings (SSSR count). The maximum absolute atomic E-state index is 13.6. The van der Waals surface area contributed by atoms with E-state index in [1.54, 1.807) is 18.5 Å². The van der Waals surface area contributed by atoms with Crippen LogP contribution in [0.2, 0.25) is 0 Å². The van der Waals surface area contributed by atoms with E-state index in [1.165, 1.54) is 11.6 Å². The minimum absolute atomic E-state index is 0.112. The molecule has 21 heavy (non-hydrogen) atoms. The molecule has 1 aromatic carbocycles. The first-order valence-corrected chi connectivity index (χ1v) is 7.24. The summed E-state index contributed by atoms with van der Waals surface area (Å²) in [4.78, 5) is 6.17. The van der Waals surface area contributed by atoms with Crippen LogP contribution in [0, 0.1) is 5.82 Å². The van der Waals surface area contributed by atoms with Crippen molar-refractivity contribution in [3.05, 3.63) is 59.7 Å². The van der Waals surface area contributed by atoms with Crippen molar-refractivity contribution in [3.63, 3.8) is 0 Å². The number of anilines is 1. The Morgan fingerprint density at radius 3 is 2.62 bits per heavy atom. The predicted octanol–water partition coefficient (Wildman–Crippen LogP) is 3.53. The Labute approximate surface area is 125 Å². The third kappa shape index (κ3) is 4.02. The molecule has 0 spiro atoms. The Bertz CT molecular complexity index is 572. The lowest BCUT2D eigenvalue weighted by atomic mass is 10.0. The molecule has 0 fully saturated rings. The summed E-state index contributed by atoms with van der Waals surface area (Å²) in [6.45, 7) is 5.73. The highest BCUT2D eigenvalue weighted by Gasteiger charge is 2.14. The molecule has 0 aliphatic rings. The van der Waals surface area contributed by atoms with Gasteiger partial charge in [-0.05, 0) is 54.9 Å². The van der Waals surface area contributed by atoms with Gasteiger partial charge in [0.05, 0.1) is 0 Å². The number of hydrogen-bond acceptors (Lipinski definition) is 3. The molecule has 0 saturated heterocycles. The normalized spacial score (nSPS) is 12.2. The molecule has 1 N–H and O–H groups in total. The van der Waals surface area contributed by atoms with Crippen LogP contribution in [0.4, 0.5) is 10.1 Å². The first-order chi connectivity index (χ1) is 10.1. The first-order valence-electron chi connectivity index (χ1n) is 7.24. The number of benzene rings is 1. The lowest BCUT2D eigenvalue weighted by Gasteiger charge is -2.25. The molecule has 3 nitrogen and oxygen atoms in total. The average Bonchev–Trinajstić information content (AvgIpc) is 2.48. The number of pyridine rings is 1. The van der Waals surface area contributed by atoms with Gasteiger partial charge in [0.25, 0.3) is 0 Å². The number of hydrogen-bond donors (Lipinski definition) is 1. The van der Waals surface area contributed by atoms with Crippen LogP contribution in [0.3, 0.4) is 0 Å². The van der Waals surface area contributed by atoms with Gasteiger partial charge in [0.2, 0.25) is 0 Å². The Hall–Kier alpha value is -1.94. The van der Waals surface area contributed by atoms with E-state index in [0.29, 0.717) is 0 Å². The van der Waals surface area contributed by atoms with Gasteiger partial charge >= 0.3 is 0 Å². The Morgan fingerprint density at radius 1 is 1.24 bits per heavy atom. The summed E-state index contributed by atoms with van der Waals surface area (Å²) in [5.41, 5.74) is 3.20. The van der Waals surface area contributed by atoms with Crippen molar-refractivity contribution >= 4 is 5.69 Å². The van der Waals surface area contributed by atoms with Crippen molar-refractivity contribution in [3.8, 4) is 0 Å². The van der Waals surface area contributed by atoms with Crippen LogP contribution >= 0.6 is 0 Å². The maximum atomic E-state index is 13.6. The highest BCUT2D eigenvalue weighted by atomic mass is 19.1. The second-order valence-corrected chi connectivity index (χ2v) is 5.19. The number of nitrogens with zero attached hydrogens (tertiary/aromatic N) is 2. The van der Waals surface area contributed by atoms with Gasteiger partial charge in [-0.3, -0.25) is 4.98 Å². The van der Waals surface area contributed by atoms with Gasteiger partial charge in [-0.2, -0.15) is 0 Å². The van der Waals surface area contributed by atoms with Gasteiger partial charge in [0.15, 0.2) is 0 Å². The lowest BCUT2D eigenvalue weighted by molar-refractivity contribution is 0.581. The van der Waals surface area contributed by atoms with Crippen LogP contribution in [0.1, 0.15) is 31.0 Å². The average molecular weight is 287 g/mol. The standard InChI is InChI=1S/C17H22FN3/c1-4-20-13(2)16-11-15(18)5-6-17(16)21(3)12-14-7-9-19-10-8-14/h5-11,13,20H,4,12H2,1-3H3. The minimum atomic E-state index is -0.198. The maximum Gasteiger partial charge on any atom is 0.123 e. The van der Waals surface area contributed by atoms with E-state index in [-0.39, 0.29) is 11.9 Å². The fourth-order valence-corrected chi connectivity index (χ4v) is 2.48. The van der Waals surface area contributed by atoms with E-state index in [0.717, 1.165) is 24.3 Å².